The van der Waals surface area contributed by atoms with E-state index in [1.165, 1.54) is 6.20 Å². The van der Waals surface area contributed by atoms with Crippen LogP contribution >= 0.6 is 0 Å². The molecule has 0 unspecified atom stereocenters. The summed E-state index contributed by atoms with van der Waals surface area (Å²) in [6.07, 6.45) is -3.32. The van der Waals surface area contributed by atoms with Crippen LogP contribution in [0, 0.1) is 0 Å². The van der Waals surface area contributed by atoms with Crippen LogP contribution in [0.2, 0.25) is 0 Å². The van der Waals surface area contributed by atoms with Gasteiger partial charge in [0.1, 0.15) is 0 Å². The fourth-order valence-corrected chi connectivity index (χ4v) is 2.03. The van der Waals surface area contributed by atoms with Crippen LogP contribution in [0.4, 0.5) is 13.2 Å². The van der Waals surface area contributed by atoms with Gasteiger partial charge in [0.15, 0.2) is 5.69 Å². The van der Waals surface area contributed by atoms with Crippen LogP contribution in [0.5, 0.6) is 0 Å². The number of alkyl halides is 3. The van der Waals surface area contributed by atoms with Gasteiger partial charge in [0.25, 0.3) is 0 Å². The molecule has 0 bridgehead atoms. The molecule has 0 saturated heterocycles. The lowest BCUT2D eigenvalue weighted by molar-refractivity contribution is -0.143. The summed E-state index contributed by atoms with van der Waals surface area (Å²) >= 11 is 0. The molecule has 0 radical (unpaired) electrons. The van der Waals surface area contributed by atoms with Crippen molar-refractivity contribution in [2.75, 3.05) is 0 Å². The summed E-state index contributed by atoms with van der Waals surface area (Å²) in [5, 5.41) is 3.81. The average Bonchev–Trinajstić information content (AvgIpc) is 2.82. The zero-order valence-electron chi connectivity index (χ0n) is 11.3. The summed E-state index contributed by atoms with van der Waals surface area (Å²) in [7, 11) is 0. The van der Waals surface area contributed by atoms with Crippen LogP contribution in [0.15, 0.2) is 30.5 Å². The molecule has 108 valence electrons. The maximum absolute atomic E-state index is 13.1. The number of halogens is 3. The Morgan fingerprint density at radius 1 is 1.20 bits per heavy atom. The molecule has 0 atom stereocenters. The van der Waals surface area contributed by atoms with Crippen molar-refractivity contribution in [3.05, 3.63) is 47.3 Å². The molecule has 1 aromatic heterocycles. The average molecular weight is 283 g/mol. The minimum Gasteiger partial charge on any atom is -0.326 e. The highest BCUT2D eigenvalue weighted by molar-refractivity contribution is 5.38. The molecule has 2 rings (SSSR count). The molecule has 0 saturated carbocycles. The summed E-state index contributed by atoms with van der Waals surface area (Å²) < 4.78 is 40.2. The Balaban J connectivity index is 2.50. The predicted molar refractivity (Wildman–Crippen MR) is 70.5 cm³/mol. The molecular weight excluding hydrogens is 267 g/mol. The molecule has 0 aliphatic heterocycles. The summed E-state index contributed by atoms with van der Waals surface area (Å²) in [6.45, 7) is 3.85. The lowest BCUT2D eigenvalue weighted by Gasteiger charge is -2.13. The highest BCUT2D eigenvalue weighted by atomic mass is 19.4. The van der Waals surface area contributed by atoms with Crippen molar-refractivity contribution < 1.29 is 13.2 Å². The zero-order chi connectivity index (χ0) is 14.9. The fourth-order valence-electron chi connectivity index (χ4n) is 2.03. The monoisotopic (exact) mass is 283 g/mol. The third-order valence-electron chi connectivity index (χ3n) is 3.14. The lowest BCUT2D eigenvalue weighted by atomic mass is 10.0. The van der Waals surface area contributed by atoms with Crippen molar-refractivity contribution in [1.82, 2.24) is 9.78 Å². The van der Waals surface area contributed by atoms with Gasteiger partial charge >= 0.3 is 6.18 Å². The molecule has 1 aromatic carbocycles. The normalized spacial score (nSPS) is 12.2. The van der Waals surface area contributed by atoms with Crippen LogP contribution in [-0.4, -0.2) is 9.78 Å². The van der Waals surface area contributed by atoms with E-state index in [-0.39, 0.29) is 12.1 Å². The highest BCUT2D eigenvalue weighted by Crippen LogP contribution is 2.33. The van der Waals surface area contributed by atoms with Crippen molar-refractivity contribution in [2.24, 2.45) is 5.73 Å². The van der Waals surface area contributed by atoms with Gasteiger partial charge < -0.3 is 5.73 Å². The second kappa shape index (κ2) is 5.28. The quantitative estimate of drug-likeness (QED) is 0.937. The number of hydrogen-bond acceptors (Lipinski definition) is 2. The lowest BCUT2D eigenvalue weighted by Crippen LogP contribution is -2.16. The first-order valence-electron chi connectivity index (χ1n) is 6.29. The molecule has 0 fully saturated rings. The van der Waals surface area contributed by atoms with Crippen molar-refractivity contribution in [2.45, 2.75) is 32.5 Å². The molecule has 2 N–H and O–H groups in total. The molecule has 0 aliphatic rings. The standard InChI is InChI=1S/C14H16F3N3/c1-9(2)10-3-5-12(6-4-10)20-13(14(15,16)17)11(7-18)8-19-20/h3-6,8-9H,7,18H2,1-2H3. The molecule has 6 heteroatoms. The molecule has 1 heterocycles. The van der Waals surface area contributed by atoms with Gasteiger partial charge in [-0.2, -0.15) is 18.3 Å². The first kappa shape index (κ1) is 14.6. The second-order valence-corrected chi connectivity index (χ2v) is 4.88. The van der Waals surface area contributed by atoms with Gasteiger partial charge in [0.2, 0.25) is 0 Å². The van der Waals surface area contributed by atoms with E-state index in [4.69, 9.17) is 5.73 Å². The molecule has 2 aromatic rings. The Bertz CT molecular complexity index is 583. The first-order chi connectivity index (χ1) is 9.34. The topological polar surface area (TPSA) is 43.8 Å². The Hall–Kier alpha value is -1.82. The summed E-state index contributed by atoms with van der Waals surface area (Å²) in [5.41, 5.74) is 5.97. The van der Waals surface area contributed by atoms with Crippen LogP contribution in [0.3, 0.4) is 0 Å². The van der Waals surface area contributed by atoms with Crippen LogP contribution in [0.25, 0.3) is 5.69 Å². The number of nitrogens with zero attached hydrogens (tertiary/aromatic N) is 2. The van der Waals surface area contributed by atoms with Gasteiger partial charge in [-0.1, -0.05) is 26.0 Å². The van der Waals surface area contributed by atoms with E-state index in [0.29, 0.717) is 11.6 Å². The zero-order valence-corrected chi connectivity index (χ0v) is 11.3. The van der Waals surface area contributed by atoms with Crippen molar-refractivity contribution >= 4 is 0 Å². The van der Waals surface area contributed by atoms with Crippen molar-refractivity contribution in [1.29, 1.82) is 0 Å². The van der Waals surface area contributed by atoms with E-state index in [9.17, 15) is 13.2 Å². The van der Waals surface area contributed by atoms with E-state index in [1.54, 1.807) is 12.1 Å². The molecule has 0 aliphatic carbocycles. The van der Waals surface area contributed by atoms with Crippen molar-refractivity contribution in [3.8, 4) is 5.69 Å². The number of hydrogen-bond donors (Lipinski definition) is 1. The van der Waals surface area contributed by atoms with Gasteiger partial charge in [-0.3, -0.25) is 0 Å². The van der Waals surface area contributed by atoms with Gasteiger partial charge in [0.05, 0.1) is 11.9 Å². The van der Waals surface area contributed by atoms with E-state index in [2.05, 4.69) is 5.10 Å². The minimum atomic E-state index is -4.48. The minimum absolute atomic E-state index is 0.00886. The summed E-state index contributed by atoms with van der Waals surface area (Å²) in [5.74, 6) is 0.323. The van der Waals surface area contributed by atoms with Gasteiger partial charge in [0, 0.05) is 12.1 Å². The van der Waals surface area contributed by atoms with E-state index in [1.807, 2.05) is 26.0 Å². The largest absolute Gasteiger partial charge is 0.433 e. The second-order valence-electron chi connectivity index (χ2n) is 4.88. The number of aromatic nitrogens is 2. The van der Waals surface area contributed by atoms with Crippen LogP contribution in [0.1, 0.15) is 36.6 Å². The number of benzene rings is 1. The fraction of sp³-hybridized carbons (Fsp3) is 0.357. The molecule has 0 spiro atoms. The predicted octanol–water partition coefficient (Wildman–Crippen LogP) is 3.47. The van der Waals surface area contributed by atoms with Crippen LogP contribution < -0.4 is 5.73 Å². The number of rotatable bonds is 3. The smallest absolute Gasteiger partial charge is 0.326 e. The Morgan fingerprint density at radius 3 is 2.25 bits per heavy atom. The van der Waals surface area contributed by atoms with E-state index < -0.39 is 11.9 Å². The third-order valence-corrected chi connectivity index (χ3v) is 3.14. The van der Waals surface area contributed by atoms with E-state index in [0.717, 1.165) is 10.2 Å². The number of nitrogens with two attached hydrogens (primary N) is 1. The van der Waals surface area contributed by atoms with Crippen LogP contribution in [-0.2, 0) is 12.7 Å². The van der Waals surface area contributed by atoms with E-state index >= 15 is 0 Å². The van der Waals surface area contributed by atoms with Crippen molar-refractivity contribution in [3.63, 3.8) is 0 Å². The maximum Gasteiger partial charge on any atom is 0.433 e. The van der Waals surface area contributed by atoms with Gasteiger partial charge in [-0.05, 0) is 23.6 Å². The summed E-state index contributed by atoms with van der Waals surface area (Å²) in [6, 6.07) is 6.89. The van der Waals surface area contributed by atoms with Gasteiger partial charge in [-0.15, -0.1) is 0 Å². The maximum atomic E-state index is 13.1. The molecule has 0 amide bonds. The third kappa shape index (κ3) is 2.70. The molecule has 20 heavy (non-hydrogen) atoms. The SMILES string of the molecule is CC(C)c1ccc(-n2ncc(CN)c2C(F)(F)F)cc1. The Kier molecular flexibility index (Phi) is 3.85. The Labute approximate surface area is 115 Å². The Morgan fingerprint density at radius 2 is 1.80 bits per heavy atom. The molecule has 3 nitrogen and oxygen atoms in total. The molecular formula is C14H16F3N3. The first-order valence-corrected chi connectivity index (χ1v) is 6.29. The highest BCUT2D eigenvalue weighted by Gasteiger charge is 2.38. The summed E-state index contributed by atoms with van der Waals surface area (Å²) in [4.78, 5) is 0. The van der Waals surface area contributed by atoms with Gasteiger partial charge in [-0.25, -0.2) is 4.68 Å².